The number of hydrogen-bond acceptors (Lipinski definition) is 2. The molecule has 144 valence electrons. The van der Waals surface area contributed by atoms with E-state index in [-0.39, 0.29) is 0 Å². The summed E-state index contributed by atoms with van der Waals surface area (Å²) in [6.07, 6.45) is 10.0. The van der Waals surface area contributed by atoms with Gasteiger partial charge in [0, 0.05) is 26.2 Å². The summed E-state index contributed by atoms with van der Waals surface area (Å²) >= 11 is 0. The summed E-state index contributed by atoms with van der Waals surface area (Å²) in [5.74, 6) is 4.71. The molecule has 1 amide bonds. The number of rotatable bonds is 2. The van der Waals surface area contributed by atoms with Gasteiger partial charge in [0.2, 0.25) is 0 Å². The van der Waals surface area contributed by atoms with E-state index in [2.05, 4.69) is 25.7 Å². The number of hydrogen-bond donors (Lipinski definition) is 1. The van der Waals surface area contributed by atoms with Gasteiger partial charge in [-0.05, 0) is 80.6 Å². The maximum Gasteiger partial charge on any atom is 0.407 e. The molecule has 1 aliphatic heterocycles. The van der Waals surface area contributed by atoms with Crippen molar-refractivity contribution in [3.8, 4) is 0 Å². The molecule has 4 saturated carbocycles. The Hall–Kier alpha value is -0.770. The minimum Gasteiger partial charge on any atom is -0.465 e. The van der Waals surface area contributed by atoms with E-state index < -0.39 is 6.09 Å². The van der Waals surface area contributed by atoms with E-state index in [0.29, 0.717) is 18.5 Å². The van der Waals surface area contributed by atoms with Gasteiger partial charge in [0.1, 0.15) is 0 Å². The molecule has 0 aromatic heterocycles. The number of piperazine rings is 1. The third-order valence-corrected chi connectivity index (χ3v) is 6.82. The summed E-state index contributed by atoms with van der Waals surface area (Å²) in [7, 11) is 0. The van der Waals surface area contributed by atoms with Crippen molar-refractivity contribution >= 4 is 6.09 Å². The Morgan fingerprint density at radius 2 is 1.24 bits per heavy atom. The van der Waals surface area contributed by atoms with Crippen LogP contribution in [0, 0.1) is 29.1 Å². The van der Waals surface area contributed by atoms with Crippen LogP contribution in [0.5, 0.6) is 0 Å². The number of carbonyl (C=O) groups is 1. The van der Waals surface area contributed by atoms with E-state index in [4.69, 9.17) is 5.11 Å². The van der Waals surface area contributed by atoms with Gasteiger partial charge in [-0.25, -0.2) is 4.79 Å². The smallest absolute Gasteiger partial charge is 0.407 e. The Morgan fingerprint density at radius 1 is 0.840 bits per heavy atom. The van der Waals surface area contributed by atoms with Gasteiger partial charge in [-0.1, -0.05) is 20.8 Å². The normalized spacial score (nSPS) is 34.6. The lowest BCUT2D eigenvalue weighted by Crippen LogP contribution is -2.48. The summed E-state index contributed by atoms with van der Waals surface area (Å²) < 4.78 is 0. The van der Waals surface area contributed by atoms with E-state index >= 15 is 0 Å². The van der Waals surface area contributed by atoms with Gasteiger partial charge in [0.25, 0.3) is 0 Å². The van der Waals surface area contributed by atoms with Crippen LogP contribution in [0.3, 0.4) is 0 Å². The lowest BCUT2D eigenvalue weighted by atomic mass is 9.56. The minimum atomic E-state index is -0.787. The number of carboxylic acid groups (broad SMARTS) is 1. The molecule has 4 bridgehead atoms. The summed E-state index contributed by atoms with van der Waals surface area (Å²) in [4.78, 5) is 14.5. The average molecular weight is 351 g/mol. The molecule has 0 unspecified atom stereocenters. The molecule has 1 saturated heterocycles. The summed E-state index contributed by atoms with van der Waals surface area (Å²) in [6, 6.07) is 0. The quantitative estimate of drug-likeness (QED) is 0.794. The molecule has 5 rings (SSSR count). The number of amides is 1. The van der Waals surface area contributed by atoms with Crippen molar-refractivity contribution in [2.45, 2.75) is 65.7 Å². The summed E-state index contributed by atoms with van der Waals surface area (Å²) in [5, 5.41) is 8.79. The van der Waals surface area contributed by atoms with Gasteiger partial charge >= 0.3 is 6.09 Å². The molecule has 4 aliphatic carbocycles. The number of nitrogens with zero attached hydrogens (tertiary/aromatic N) is 2. The zero-order chi connectivity index (χ0) is 18.0. The Kier molecular flexibility index (Phi) is 5.97. The van der Waals surface area contributed by atoms with Crippen molar-refractivity contribution in [3.63, 3.8) is 0 Å². The van der Waals surface area contributed by atoms with Crippen molar-refractivity contribution in [2.24, 2.45) is 29.1 Å². The van der Waals surface area contributed by atoms with Crippen LogP contribution in [0.4, 0.5) is 4.79 Å². The van der Waals surface area contributed by atoms with Crippen LogP contribution in [-0.2, 0) is 0 Å². The lowest BCUT2D eigenvalue weighted by Gasteiger charge is -2.49. The predicted octanol–water partition coefficient (Wildman–Crippen LogP) is 4.55. The highest BCUT2D eigenvalue weighted by Gasteiger charge is 2.41. The molecule has 4 nitrogen and oxygen atoms in total. The fourth-order valence-corrected chi connectivity index (χ4v) is 5.64. The molecule has 5 aliphatic rings. The van der Waals surface area contributed by atoms with E-state index in [9.17, 15) is 4.79 Å². The molecule has 0 radical (unpaired) electrons. The minimum absolute atomic E-state index is 0.365. The van der Waals surface area contributed by atoms with Crippen LogP contribution in [0.1, 0.15) is 65.7 Å². The molecule has 0 aromatic rings. The second kappa shape index (κ2) is 7.85. The van der Waals surface area contributed by atoms with Gasteiger partial charge in [-0.3, -0.25) is 4.90 Å². The van der Waals surface area contributed by atoms with E-state index in [0.717, 1.165) is 19.6 Å². The van der Waals surface area contributed by atoms with Crippen molar-refractivity contribution in [1.29, 1.82) is 0 Å². The van der Waals surface area contributed by atoms with E-state index in [1.54, 1.807) is 38.5 Å². The standard InChI is InChI=1S/C11H22N2O2.C10H16/c1-11(2,3)4-5-12-6-8-13(9-7-12)10(14)15;1-7-2-9-4-8(1)5-10(3-7)6-9/h4-9H2,1-3H3,(H,14,15);7-10H,1-6H2. The SMILES string of the molecule is C1C2CC3CC1CC(C2)C3.CC(C)(C)CCN1CCN(C(=O)O)CC1. The molecule has 0 atom stereocenters. The highest BCUT2D eigenvalue weighted by Crippen LogP contribution is 2.53. The third kappa shape index (κ3) is 5.60. The first kappa shape index (κ1) is 19.0. The first-order valence-corrected chi connectivity index (χ1v) is 10.5. The second-order valence-electron chi connectivity index (χ2n) is 10.3. The largest absolute Gasteiger partial charge is 0.465 e. The average Bonchev–Trinajstić information content (AvgIpc) is 2.52. The van der Waals surface area contributed by atoms with Crippen molar-refractivity contribution < 1.29 is 9.90 Å². The van der Waals surface area contributed by atoms with Crippen LogP contribution in [0.2, 0.25) is 0 Å². The fourth-order valence-electron chi connectivity index (χ4n) is 5.64. The summed E-state index contributed by atoms with van der Waals surface area (Å²) in [5.41, 5.74) is 0.365. The molecule has 25 heavy (non-hydrogen) atoms. The first-order chi connectivity index (χ1) is 11.8. The molecule has 1 heterocycles. The second-order valence-corrected chi connectivity index (χ2v) is 10.3. The van der Waals surface area contributed by atoms with E-state index in [1.807, 2.05) is 0 Å². The molecular weight excluding hydrogens is 312 g/mol. The maximum atomic E-state index is 10.7. The van der Waals surface area contributed by atoms with Gasteiger partial charge in [0.05, 0.1) is 0 Å². The zero-order valence-electron chi connectivity index (χ0n) is 16.5. The highest BCUT2D eigenvalue weighted by molar-refractivity contribution is 5.65. The van der Waals surface area contributed by atoms with Gasteiger partial charge in [-0.2, -0.15) is 0 Å². The van der Waals surface area contributed by atoms with Gasteiger partial charge < -0.3 is 10.0 Å². The Bertz CT molecular complexity index is 393. The zero-order valence-corrected chi connectivity index (χ0v) is 16.5. The molecule has 0 spiro atoms. The first-order valence-electron chi connectivity index (χ1n) is 10.5. The summed E-state index contributed by atoms with van der Waals surface area (Å²) in [6.45, 7) is 10.8. The third-order valence-electron chi connectivity index (χ3n) is 6.82. The van der Waals surface area contributed by atoms with Gasteiger partial charge in [0.15, 0.2) is 0 Å². The Balaban J connectivity index is 0.000000155. The van der Waals surface area contributed by atoms with Crippen LogP contribution < -0.4 is 0 Å². The maximum absolute atomic E-state index is 10.7. The predicted molar refractivity (Wildman–Crippen MR) is 102 cm³/mol. The van der Waals surface area contributed by atoms with Crippen LogP contribution in [-0.4, -0.2) is 53.7 Å². The molecule has 5 fully saturated rings. The van der Waals surface area contributed by atoms with Crippen LogP contribution in [0.25, 0.3) is 0 Å². The van der Waals surface area contributed by atoms with Crippen molar-refractivity contribution in [2.75, 3.05) is 32.7 Å². The van der Waals surface area contributed by atoms with Crippen LogP contribution in [0.15, 0.2) is 0 Å². The Labute approximate surface area is 153 Å². The highest BCUT2D eigenvalue weighted by atomic mass is 16.4. The molecule has 0 aromatic carbocycles. The van der Waals surface area contributed by atoms with Gasteiger partial charge in [-0.15, -0.1) is 0 Å². The van der Waals surface area contributed by atoms with Crippen molar-refractivity contribution in [1.82, 2.24) is 9.80 Å². The molecule has 1 N–H and O–H groups in total. The lowest BCUT2D eigenvalue weighted by molar-refractivity contribution is 0.0198. The van der Waals surface area contributed by atoms with Crippen molar-refractivity contribution in [3.05, 3.63) is 0 Å². The fraction of sp³-hybridized carbons (Fsp3) is 0.952. The monoisotopic (exact) mass is 350 g/mol. The topological polar surface area (TPSA) is 43.8 Å². The van der Waals surface area contributed by atoms with E-state index in [1.165, 1.54) is 35.0 Å². The van der Waals surface area contributed by atoms with Crippen LogP contribution >= 0.6 is 0 Å². The Morgan fingerprint density at radius 3 is 1.56 bits per heavy atom. The molecule has 4 heteroatoms. The molecular formula is C21H38N2O2.